The van der Waals surface area contributed by atoms with Gasteiger partial charge in [-0.3, -0.25) is 4.79 Å². The number of anilines is 1. The highest BCUT2D eigenvalue weighted by molar-refractivity contribution is 7.80. The van der Waals surface area contributed by atoms with E-state index in [0.29, 0.717) is 5.69 Å². The summed E-state index contributed by atoms with van der Waals surface area (Å²) in [5, 5.41) is 3.03. The van der Waals surface area contributed by atoms with Gasteiger partial charge in [-0.05, 0) is 26.0 Å². The second kappa shape index (κ2) is 5.30. The number of primary amides is 1. The van der Waals surface area contributed by atoms with Crippen LogP contribution in [0.1, 0.15) is 25.8 Å². The van der Waals surface area contributed by atoms with Crippen LogP contribution in [0.4, 0.5) is 10.1 Å². The third kappa shape index (κ3) is 3.66. The summed E-state index contributed by atoms with van der Waals surface area (Å²) in [7, 11) is 0. The highest BCUT2D eigenvalue weighted by Crippen LogP contribution is 2.24. The van der Waals surface area contributed by atoms with E-state index >= 15 is 0 Å². The minimum absolute atomic E-state index is 0.0366. The van der Waals surface area contributed by atoms with Crippen LogP contribution in [-0.4, -0.2) is 16.4 Å². The predicted octanol–water partition coefficient (Wildman–Crippen LogP) is 1.53. The van der Waals surface area contributed by atoms with Crippen molar-refractivity contribution in [3.05, 3.63) is 29.6 Å². The number of thiocarbonyl (C=S) groups is 1. The highest BCUT2D eigenvalue weighted by atomic mass is 32.1. The summed E-state index contributed by atoms with van der Waals surface area (Å²) in [5.74, 6) is -0.942. The van der Waals surface area contributed by atoms with Gasteiger partial charge in [-0.15, -0.1) is 0 Å². The summed E-state index contributed by atoms with van der Waals surface area (Å²) >= 11 is 4.82. The van der Waals surface area contributed by atoms with Gasteiger partial charge in [0.1, 0.15) is 10.8 Å². The van der Waals surface area contributed by atoms with Gasteiger partial charge in [0.15, 0.2) is 0 Å². The van der Waals surface area contributed by atoms with E-state index in [2.05, 4.69) is 5.32 Å². The SMILES string of the molecule is CC(C)(CC(N)=O)Nc1cccc(F)c1C(N)=S. The average Bonchev–Trinajstić information content (AvgIpc) is 2.13. The number of nitrogens with one attached hydrogen (secondary N) is 1. The van der Waals surface area contributed by atoms with E-state index < -0.39 is 17.3 Å². The molecule has 0 saturated heterocycles. The molecule has 1 amide bonds. The molecule has 0 aliphatic carbocycles. The maximum absolute atomic E-state index is 13.6. The molecule has 5 N–H and O–H groups in total. The van der Waals surface area contributed by atoms with Crippen molar-refractivity contribution < 1.29 is 9.18 Å². The second-order valence-corrected chi connectivity index (χ2v) is 5.12. The van der Waals surface area contributed by atoms with Crippen molar-refractivity contribution >= 4 is 28.8 Å². The number of hydrogen-bond donors (Lipinski definition) is 3. The molecule has 0 bridgehead atoms. The van der Waals surface area contributed by atoms with Crippen LogP contribution in [0.15, 0.2) is 18.2 Å². The first kappa shape index (κ1) is 14.4. The topological polar surface area (TPSA) is 81.1 Å². The van der Waals surface area contributed by atoms with Gasteiger partial charge in [0.05, 0.1) is 5.56 Å². The van der Waals surface area contributed by atoms with E-state index in [1.54, 1.807) is 26.0 Å². The molecule has 18 heavy (non-hydrogen) atoms. The lowest BCUT2D eigenvalue weighted by Crippen LogP contribution is -2.36. The average molecular weight is 269 g/mol. The van der Waals surface area contributed by atoms with E-state index in [9.17, 15) is 9.18 Å². The monoisotopic (exact) mass is 269 g/mol. The molecular weight excluding hydrogens is 253 g/mol. The Kier molecular flexibility index (Phi) is 4.24. The maximum Gasteiger partial charge on any atom is 0.219 e. The number of carbonyl (C=O) groups excluding carboxylic acids is 1. The number of hydrogen-bond acceptors (Lipinski definition) is 3. The molecule has 1 rings (SSSR count). The Balaban J connectivity index is 3.08. The van der Waals surface area contributed by atoms with Gasteiger partial charge in [0.2, 0.25) is 5.91 Å². The molecule has 6 heteroatoms. The third-order valence-corrected chi connectivity index (χ3v) is 2.55. The quantitative estimate of drug-likeness (QED) is 0.708. The van der Waals surface area contributed by atoms with Crippen molar-refractivity contribution in [2.45, 2.75) is 25.8 Å². The zero-order chi connectivity index (χ0) is 13.9. The first-order valence-electron chi connectivity index (χ1n) is 5.38. The van der Waals surface area contributed by atoms with Crippen LogP contribution in [0.3, 0.4) is 0 Å². The molecule has 0 aromatic heterocycles. The lowest BCUT2D eigenvalue weighted by Gasteiger charge is -2.27. The Labute approximate surface area is 111 Å². The molecule has 0 spiro atoms. The summed E-state index contributed by atoms with van der Waals surface area (Å²) in [6, 6.07) is 4.47. The molecule has 1 aromatic rings. The van der Waals surface area contributed by atoms with E-state index in [1.807, 2.05) is 0 Å². The molecule has 4 nitrogen and oxygen atoms in total. The van der Waals surface area contributed by atoms with Crippen LogP contribution in [0.5, 0.6) is 0 Å². The van der Waals surface area contributed by atoms with Crippen molar-refractivity contribution in [3.8, 4) is 0 Å². The van der Waals surface area contributed by atoms with Crippen LogP contribution in [-0.2, 0) is 4.79 Å². The zero-order valence-corrected chi connectivity index (χ0v) is 11.1. The molecular formula is C12H16FN3OS. The van der Waals surface area contributed by atoms with E-state index in [-0.39, 0.29) is 17.0 Å². The lowest BCUT2D eigenvalue weighted by atomic mass is 9.99. The molecule has 0 radical (unpaired) electrons. The van der Waals surface area contributed by atoms with E-state index in [1.165, 1.54) is 6.07 Å². The van der Waals surface area contributed by atoms with Crippen LogP contribution in [0.25, 0.3) is 0 Å². The zero-order valence-electron chi connectivity index (χ0n) is 10.3. The number of benzene rings is 1. The Morgan fingerprint density at radius 2 is 2.06 bits per heavy atom. The van der Waals surface area contributed by atoms with Gasteiger partial charge in [0, 0.05) is 17.6 Å². The molecule has 0 aliphatic heterocycles. The van der Waals surface area contributed by atoms with E-state index in [0.717, 1.165) is 0 Å². The van der Waals surface area contributed by atoms with Crippen molar-refractivity contribution in [2.75, 3.05) is 5.32 Å². The molecule has 0 saturated carbocycles. The number of halogens is 1. The lowest BCUT2D eigenvalue weighted by molar-refractivity contribution is -0.118. The van der Waals surface area contributed by atoms with Crippen LogP contribution in [0.2, 0.25) is 0 Å². The smallest absolute Gasteiger partial charge is 0.219 e. The Morgan fingerprint density at radius 3 is 2.56 bits per heavy atom. The summed E-state index contributed by atoms with van der Waals surface area (Å²) in [6.07, 6.45) is 0.111. The summed E-state index contributed by atoms with van der Waals surface area (Å²) in [6.45, 7) is 3.57. The Morgan fingerprint density at radius 1 is 1.44 bits per heavy atom. The van der Waals surface area contributed by atoms with Crippen molar-refractivity contribution in [2.24, 2.45) is 11.5 Å². The molecule has 0 heterocycles. The fourth-order valence-corrected chi connectivity index (χ4v) is 1.93. The Bertz CT molecular complexity index is 488. The van der Waals surface area contributed by atoms with Gasteiger partial charge >= 0.3 is 0 Å². The summed E-state index contributed by atoms with van der Waals surface area (Å²) in [5.41, 5.74) is 10.6. The maximum atomic E-state index is 13.6. The molecule has 0 unspecified atom stereocenters. The fourth-order valence-electron chi connectivity index (χ4n) is 1.72. The van der Waals surface area contributed by atoms with Crippen LogP contribution in [0, 0.1) is 5.82 Å². The Hall–Kier alpha value is -1.69. The highest BCUT2D eigenvalue weighted by Gasteiger charge is 2.22. The standard InChI is InChI=1S/C12H16FN3OS/c1-12(2,6-9(14)17)16-8-5-3-4-7(13)10(8)11(15)18/h3-5,16H,6H2,1-2H3,(H2,14,17)(H2,15,18). The predicted molar refractivity (Wildman–Crippen MR) is 73.8 cm³/mol. The number of rotatable bonds is 5. The molecule has 0 fully saturated rings. The van der Waals surface area contributed by atoms with Crippen LogP contribution < -0.4 is 16.8 Å². The fraction of sp³-hybridized carbons (Fsp3) is 0.333. The second-order valence-electron chi connectivity index (χ2n) is 4.68. The molecule has 98 valence electrons. The number of nitrogens with two attached hydrogens (primary N) is 2. The number of amides is 1. The van der Waals surface area contributed by atoms with Gasteiger partial charge in [-0.2, -0.15) is 0 Å². The van der Waals surface area contributed by atoms with Gasteiger partial charge in [0.25, 0.3) is 0 Å². The minimum Gasteiger partial charge on any atom is -0.389 e. The van der Waals surface area contributed by atoms with Crippen molar-refractivity contribution in [1.29, 1.82) is 0 Å². The van der Waals surface area contributed by atoms with Crippen molar-refractivity contribution in [3.63, 3.8) is 0 Å². The summed E-state index contributed by atoms with van der Waals surface area (Å²) in [4.78, 5) is 10.9. The molecule has 0 atom stereocenters. The molecule has 1 aromatic carbocycles. The van der Waals surface area contributed by atoms with Crippen LogP contribution >= 0.6 is 12.2 Å². The van der Waals surface area contributed by atoms with Gasteiger partial charge < -0.3 is 16.8 Å². The summed E-state index contributed by atoms with van der Waals surface area (Å²) < 4.78 is 13.6. The first-order chi connectivity index (χ1) is 8.23. The van der Waals surface area contributed by atoms with Gasteiger partial charge in [-0.1, -0.05) is 18.3 Å². The molecule has 0 aliphatic rings. The first-order valence-corrected chi connectivity index (χ1v) is 5.78. The normalized spacial score (nSPS) is 11.1. The minimum atomic E-state index is -0.612. The van der Waals surface area contributed by atoms with Gasteiger partial charge in [-0.25, -0.2) is 4.39 Å². The third-order valence-electron chi connectivity index (χ3n) is 2.35. The number of carbonyl (C=O) groups is 1. The largest absolute Gasteiger partial charge is 0.389 e. The van der Waals surface area contributed by atoms with E-state index in [4.69, 9.17) is 23.7 Å². The van der Waals surface area contributed by atoms with Crippen molar-refractivity contribution in [1.82, 2.24) is 0 Å².